The molecule has 0 saturated heterocycles. The number of hydrogen-bond donors (Lipinski definition) is 1. The summed E-state index contributed by atoms with van der Waals surface area (Å²) in [7, 11) is 0. The summed E-state index contributed by atoms with van der Waals surface area (Å²) in [6.07, 6.45) is 6.48. The highest BCUT2D eigenvalue weighted by Crippen LogP contribution is 2.39. The first-order valence-electron chi connectivity index (χ1n) is 6.87. The van der Waals surface area contributed by atoms with Gasteiger partial charge in [0, 0.05) is 24.2 Å². The second-order valence-electron chi connectivity index (χ2n) is 5.45. The largest absolute Gasteiger partial charge is 0.352 e. The number of carbonyl (C=O) groups excluding carboxylic acids is 1. The maximum absolute atomic E-state index is 14.2. The molecule has 4 rings (SSSR count). The zero-order valence-corrected chi connectivity index (χ0v) is 10.9. The van der Waals surface area contributed by atoms with Crippen molar-refractivity contribution in [1.29, 1.82) is 0 Å². The number of hydrogen-bond acceptors (Lipinski definition) is 2. The lowest BCUT2D eigenvalue weighted by molar-refractivity contribution is 0.0946. The Balaban J connectivity index is 1.80. The Hall–Kier alpha value is -2.17. The molecule has 1 N–H and O–H groups in total. The van der Waals surface area contributed by atoms with Gasteiger partial charge in [-0.05, 0) is 37.0 Å². The third-order valence-electron chi connectivity index (χ3n) is 3.97. The van der Waals surface area contributed by atoms with E-state index in [4.69, 9.17) is 0 Å². The summed E-state index contributed by atoms with van der Waals surface area (Å²) < 4.78 is 15.9. The normalized spacial score (nSPS) is 17.8. The Morgan fingerprint density at radius 2 is 2.20 bits per heavy atom. The zero-order valence-electron chi connectivity index (χ0n) is 10.9. The van der Waals surface area contributed by atoms with Crippen LogP contribution < -0.4 is 5.32 Å². The van der Waals surface area contributed by atoms with E-state index in [-0.39, 0.29) is 11.7 Å². The van der Waals surface area contributed by atoms with Crippen molar-refractivity contribution in [3.8, 4) is 5.69 Å². The number of fused-ring (bicyclic) bond motifs is 1. The van der Waals surface area contributed by atoms with Crippen LogP contribution in [0.3, 0.4) is 0 Å². The predicted molar refractivity (Wildman–Crippen MR) is 71.5 cm³/mol. The number of amides is 1. The van der Waals surface area contributed by atoms with E-state index in [1.54, 1.807) is 17.0 Å². The average Bonchev–Trinajstić information content (AvgIpc) is 3.17. The van der Waals surface area contributed by atoms with Gasteiger partial charge >= 0.3 is 0 Å². The lowest BCUT2D eigenvalue weighted by Crippen LogP contribution is -2.32. The minimum Gasteiger partial charge on any atom is -0.352 e. The molecule has 4 nitrogen and oxygen atoms in total. The molecule has 0 radical (unpaired) electrons. The Labute approximate surface area is 115 Å². The Bertz CT molecular complexity index is 703. The summed E-state index contributed by atoms with van der Waals surface area (Å²) >= 11 is 0. The van der Waals surface area contributed by atoms with E-state index in [1.807, 2.05) is 6.20 Å². The average molecular weight is 271 g/mol. The molecule has 1 aromatic carbocycles. The summed E-state index contributed by atoms with van der Waals surface area (Å²) in [4.78, 5) is 16.2. The molecule has 5 heteroatoms. The molecule has 0 spiro atoms. The molecule has 2 heterocycles. The van der Waals surface area contributed by atoms with Crippen LogP contribution in [0.4, 0.5) is 4.39 Å². The predicted octanol–water partition coefficient (Wildman–Crippen LogP) is 2.17. The first kappa shape index (κ1) is 11.6. The molecule has 0 bridgehead atoms. The van der Waals surface area contributed by atoms with Crippen molar-refractivity contribution in [2.45, 2.75) is 25.2 Å². The van der Waals surface area contributed by atoms with Crippen molar-refractivity contribution in [2.75, 3.05) is 6.54 Å². The number of benzene rings is 1. The number of carbonyl (C=O) groups is 1. The fraction of sp³-hybridized carbons (Fsp3) is 0.333. The Kier molecular flexibility index (Phi) is 2.42. The van der Waals surface area contributed by atoms with Crippen LogP contribution >= 0.6 is 0 Å². The molecule has 1 aliphatic heterocycles. The summed E-state index contributed by atoms with van der Waals surface area (Å²) in [5, 5.41) is 2.78. The van der Waals surface area contributed by atoms with Crippen LogP contribution in [-0.2, 0) is 6.42 Å². The van der Waals surface area contributed by atoms with Gasteiger partial charge in [0.25, 0.3) is 5.91 Å². The fourth-order valence-electron chi connectivity index (χ4n) is 2.68. The highest BCUT2D eigenvalue weighted by Gasteiger charge is 2.26. The van der Waals surface area contributed by atoms with Crippen LogP contribution in [0.1, 0.15) is 40.4 Å². The van der Waals surface area contributed by atoms with Crippen molar-refractivity contribution in [1.82, 2.24) is 14.9 Å². The van der Waals surface area contributed by atoms with Gasteiger partial charge in [0.1, 0.15) is 5.82 Å². The summed E-state index contributed by atoms with van der Waals surface area (Å²) in [5.74, 6) is 0.0912. The second-order valence-corrected chi connectivity index (χ2v) is 5.45. The van der Waals surface area contributed by atoms with Crippen molar-refractivity contribution in [3.05, 3.63) is 47.3 Å². The first-order valence-corrected chi connectivity index (χ1v) is 6.87. The molecule has 2 aliphatic rings. The van der Waals surface area contributed by atoms with E-state index in [2.05, 4.69) is 10.3 Å². The number of rotatable bonds is 2. The van der Waals surface area contributed by atoms with Crippen LogP contribution in [0.25, 0.3) is 5.69 Å². The van der Waals surface area contributed by atoms with Gasteiger partial charge in [-0.1, -0.05) is 0 Å². The Morgan fingerprint density at radius 1 is 1.35 bits per heavy atom. The smallest absolute Gasteiger partial charge is 0.251 e. The van der Waals surface area contributed by atoms with E-state index in [0.717, 1.165) is 24.1 Å². The van der Waals surface area contributed by atoms with Crippen LogP contribution in [0.15, 0.2) is 24.7 Å². The van der Waals surface area contributed by atoms with Crippen LogP contribution in [0.2, 0.25) is 0 Å². The molecule has 1 fully saturated rings. The van der Waals surface area contributed by atoms with Crippen molar-refractivity contribution in [3.63, 3.8) is 0 Å². The first-order chi connectivity index (χ1) is 9.72. The van der Waals surface area contributed by atoms with Gasteiger partial charge in [0.15, 0.2) is 0 Å². The van der Waals surface area contributed by atoms with Gasteiger partial charge in [0.05, 0.1) is 17.7 Å². The molecule has 2 aromatic rings. The third kappa shape index (κ3) is 1.81. The van der Waals surface area contributed by atoms with Crippen molar-refractivity contribution >= 4 is 5.91 Å². The number of nitrogens with zero attached hydrogens (tertiary/aromatic N) is 2. The molecule has 102 valence electrons. The van der Waals surface area contributed by atoms with Gasteiger partial charge in [-0.2, -0.15) is 0 Å². The molecule has 1 saturated carbocycles. The number of aromatic nitrogens is 2. The van der Waals surface area contributed by atoms with E-state index in [0.29, 0.717) is 30.1 Å². The lowest BCUT2D eigenvalue weighted by atomic mass is 9.99. The number of nitrogens with one attached hydrogen (secondary N) is 1. The Morgan fingerprint density at radius 3 is 3.00 bits per heavy atom. The lowest BCUT2D eigenvalue weighted by Gasteiger charge is -2.18. The number of halogens is 1. The van der Waals surface area contributed by atoms with E-state index in [9.17, 15) is 9.18 Å². The maximum Gasteiger partial charge on any atom is 0.251 e. The van der Waals surface area contributed by atoms with Crippen LogP contribution in [-0.4, -0.2) is 22.0 Å². The standard InChI is InChI=1S/C15H14FN3O/c16-12-5-10-3-4-17-15(20)11(10)6-14(12)19-7-13(18-8-19)9-1-2-9/h5-9H,1-4H2,(H,17,20). The van der Waals surface area contributed by atoms with Crippen molar-refractivity contribution in [2.24, 2.45) is 0 Å². The highest BCUT2D eigenvalue weighted by atomic mass is 19.1. The molecule has 1 amide bonds. The highest BCUT2D eigenvalue weighted by molar-refractivity contribution is 5.97. The van der Waals surface area contributed by atoms with Gasteiger partial charge in [-0.3, -0.25) is 4.79 Å². The van der Waals surface area contributed by atoms with E-state index >= 15 is 0 Å². The second kappa shape index (κ2) is 4.16. The van der Waals surface area contributed by atoms with Gasteiger partial charge in [-0.25, -0.2) is 9.37 Å². The van der Waals surface area contributed by atoms with Crippen LogP contribution in [0.5, 0.6) is 0 Å². The van der Waals surface area contributed by atoms with Crippen LogP contribution in [0, 0.1) is 5.82 Å². The number of imidazole rings is 1. The van der Waals surface area contributed by atoms with E-state index in [1.165, 1.54) is 6.07 Å². The monoisotopic (exact) mass is 271 g/mol. The van der Waals surface area contributed by atoms with Gasteiger partial charge < -0.3 is 9.88 Å². The molecule has 0 unspecified atom stereocenters. The zero-order chi connectivity index (χ0) is 13.7. The quantitative estimate of drug-likeness (QED) is 0.910. The third-order valence-corrected chi connectivity index (χ3v) is 3.97. The van der Waals surface area contributed by atoms with Crippen molar-refractivity contribution < 1.29 is 9.18 Å². The summed E-state index contributed by atoms with van der Waals surface area (Å²) in [6.45, 7) is 0.571. The summed E-state index contributed by atoms with van der Waals surface area (Å²) in [5.41, 5.74) is 2.73. The molecule has 0 atom stereocenters. The van der Waals surface area contributed by atoms with E-state index < -0.39 is 0 Å². The molecule has 20 heavy (non-hydrogen) atoms. The maximum atomic E-state index is 14.2. The SMILES string of the molecule is O=C1NCCc2cc(F)c(-n3cnc(C4CC4)c3)cc21. The summed E-state index contributed by atoms with van der Waals surface area (Å²) in [6, 6.07) is 3.09. The molecular formula is C15H14FN3O. The minimum atomic E-state index is -0.307. The van der Waals surface area contributed by atoms with Gasteiger partial charge in [-0.15, -0.1) is 0 Å². The topological polar surface area (TPSA) is 46.9 Å². The van der Waals surface area contributed by atoms with Gasteiger partial charge in [0.2, 0.25) is 0 Å². The molecular weight excluding hydrogens is 257 g/mol. The minimum absolute atomic E-state index is 0.130. The molecule has 1 aromatic heterocycles. The molecule has 1 aliphatic carbocycles. The fourth-order valence-corrected chi connectivity index (χ4v) is 2.68.